The van der Waals surface area contributed by atoms with E-state index in [1.807, 2.05) is 0 Å². The molecule has 27 heavy (non-hydrogen) atoms. The van der Waals surface area contributed by atoms with Crippen LogP contribution in [0.25, 0.3) is 0 Å². The number of amides is 2. The van der Waals surface area contributed by atoms with Gasteiger partial charge in [-0.3, -0.25) is 14.3 Å². The van der Waals surface area contributed by atoms with Crippen LogP contribution in [0, 0.1) is 0 Å². The van der Waals surface area contributed by atoms with Crippen LogP contribution >= 0.6 is 11.6 Å². The molecule has 3 N–H and O–H groups in total. The van der Waals surface area contributed by atoms with Gasteiger partial charge < -0.3 is 10.6 Å². The topological polar surface area (TPSA) is 104 Å². The second kappa shape index (κ2) is 9.38. The first-order chi connectivity index (χ1) is 12.7. The van der Waals surface area contributed by atoms with Gasteiger partial charge in [0.15, 0.2) is 0 Å². The number of hydrogen-bond acceptors (Lipinski definition) is 4. The zero-order valence-electron chi connectivity index (χ0n) is 14.7. The molecule has 2 aromatic rings. The summed E-state index contributed by atoms with van der Waals surface area (Å²) in [6, 6.07) is 13.2. The van der Waals surface area contributed by atoms with E-state index in [4.69, 9.17) is 11.6 Å². The molecular weight excluding hydrogens is 390 g/mol. The van der Waals surface area contributed by atoms with E-state index in [1.165, 1.54) is 0 Å². The fourth-order valence-corrected chi connectivity index (χ4v) is 2.97. The summed E-state index contributed by atoms with van der Waals surface area (Å²) in [4.78, 5) is 23.9. The number of benzene rings is 2. The smallest absolute Gasteiger partial charge is 0.251 e. The zero-order chi connectivity index (χ0) is 19.9. The van der Waals surface area contributed by atoms with E-state index in [0.29, 0.717) is 21.8 Å². The Kier molecular flexibility index (Phi) is 7.20. The minimum atomic E-state index is -3.41. The molecule has 0 saturated heterocycles. The number of anilines is 1. The monoisotopic (exact) mass is 409 g/mol. The molecule has 0 radical (unpaired) electrons. The highest BCUT2D eigenvalue weighted by Gasteiger charge is 2.09. The predicted molar refractivity (Wildman–Crippen MR) is 105 cm³/mol. The zero-order valence-corrected chi connectivity index (χ0v) is 16.2. The molecule has 0 aliphatic rings. The van der Waals surface area contributed by atoms with Crippen LogP contribution in [0.15, 0.2) is 48.5 Å². The maximum Gasteiger partial charge on any atom is 0.251 e. The van der Waals surface area contributed by atoms with Gasteiger partial charge in [-0.25, -0.2) is 8.42 Å². The lowest BCUT2D eigenvalue weighted by atomic mass is 10.2. The third-order valence-corrected chi connectivity index (χ3v) is 4.38. The standard InChI is InChI=1S/C18H20ClN3O4S/c1-27(25,26)22-16-5-3-2-4-14(16)12-21-17(23)10-11-20-18(24)13-6-8-15(19)9-7-13/h2-9,22H,10-12H2,1H3,(H,20,24)(H,21,23). The molecule has 7 nitrogen and oxygen atoms in total. The predicted octanol–water partition coefficient (Wildman–Crippen LogP) is 2.15. The second-order valence-electron chi connectivity index (χ2n) is 5.82. The summed E-state index contributed by atoms with van der Waals surface area (Å²) in [5.41, 5.74) is 1.51. The second-order valence-corrected chi connectivity index (χ2v) is 8.01. The first-order valence-electron chi connectivity index (χ1n) is 8.11. The number of halogens is 1. The first kappa shape index (κ1) is 20.7. The number of nitrogens with one attached hydrogen (secondary N) is 3. The van der Waals surface area contributed by atoms with Crippen molar-refractivity contribution in [1.29, 1.82) is 0 Å². The Morgan fingerprint density at radius 2 is 1.67 bits per heavy atom. The summed E-state index contributed by atoms with van der Waals surface area (Å²) in [7, 11) is -3.41. The molecule has 2 rings (SSSR count). The highest BCUT2D eigenvalue weighted by Crippen LogP contribution is 2.16. The maximum atomic E-state index is 12.0. The molecule has 9 heteroatoms. The van der Waals surface area contributed by atoms with Gasteiger partial charge in [0.05, 0.1) is 11.9 Å². The summed E-state index contributed by atoms with van der Waals surface area (Å²) in [5, 5.41) is 5.90. The van der Waals surface area contributed by atoms with Crippen molar-refractivity contribution < 1.29 is 18.0 Å². The molecular formula is C18H20ClN3O4S. The molecule has 0 heterocycles. The van der Waals surface area contributed by atoms with Crippen molar-refractivity contribution in [2.75, 3.05) is 17.5 Å². The van der Waals surface area contributed by atoms with Crippen LogP contribution in [-0.4, -0.2) is 33.0 Å². The van der Waals surface area contributed by atoms with Crippen molar-refractivity contribution in [3.05, 3.63) is 64.7 Å². The third kappa shape index (κ3) is 7.28. The van der Waals surface area contributed by atoms with Gasteiger partial charge in [0, 0.05) is 30.1 Å². The lowest BCUT2D eigenvalue weighted by molar-refractivity contribution is -0.121. The van der Waals surface area contributed by atoms with Crippen molar-refractivity contribution in [3.63, 3.8) is 0 Å². The van der Waals surface area contributed by atoms with Crippen molar-refractivity contribution in [1.82, 2.24) is 10.6 Å². The fourth-order valence-electron chi connectivity index (χ4n) is 2.25. The molecule has 0 aliphatic carbocycles. The average molecular weight is 410 g/mol. The molecule has 0 atom stereocenters. The molecule has 0 spiro atoms. The summed E-state index contributed by atoms with van der Waals surface area (Å²) < 4.78 is 25.2. The Morgan fingerprint density at radius 1 is 1.00 bits per heavy atom. The highest BCUT2D eigenvalue weighted by atomic mass is 35.5. The van der Waals surface area contributed by atoms with Crippen LogP contribution in [0.4, 0.5) is 5.69 Å². The molecule has 0 aromatic heterocycles. The molecule has 2 aromatic carbocycles. The highest BCUT2D eigenvalue weighted by molar-refractivity contribution is 7.92. The van der Waals surface area contributed by atoms with Crippen LogP contribution in [-0.2, 0) is 21.4 Å². The van der Waals surface area contributed by atoms with E-state index in [9.17, 15) is 18.0 Å². The first-order valence-corrected chi connectivity index (χ1v) is 10.4. The van der Waals surface area contributed by atoms with Crippen LogP contribution in [0.1, 0.15) is 22.3 Å². The minimum absolute atomic E-state index is 0.0982. The van der Waals surface area contributed by atoms with Gasteiger partial charge in [0.25, 0.3) is 5.91 Å². The SMILES string of the molecule is CS(=O)(=O)Nc1ccccc1CNC(=O)CCNC(=O)c1ccc(Cl)cc1. The molecule has 144 valence electrons. The van der Waals surface area contributed by atoms with E-state index in [1.54, 1.807) is 48.5 Å². The van der Waals surface area contributed by atoms with Gasteiger partial charge >= 0.3 is 0 Å². The lowest BCUT2D eigenvalue weighted by Gasteiger charge is -2.12. The molecule has 0 fully saturated rings. The number of hydrogen-bond donors (Lipinski definition) is 3. The number of sulfonamides is 1. The van der Waals surface area contributed by atoms with Gasteiger partial charge in [0.2, 0.25) is 15.9 Å². The van der Waals surface area contributed by atoms with Crippen molar-refractivity contribution in [3.8, 4) is 0 Å². The summed E-state index contributed by atoms with van der Waals surface area (Å²) in [5.74, 6) is -0.553. The third-order valence-electron chi connectivity index (χ3n) is 3.53. The van der Waals surface area contributed by atoms with E-state index in [0.717, 1.165) is 6.26 Å². The number of para-hydroxylation sites is 1. The summed E-state index contributed by atoms with van der Waals surface area (Å²) in [6.07, 6.45) is 1.16. The van der Waals surface area contributed by atoms with Crippen LogP contribution in [0.5, 0.6) is 0 Å². The summed E-state index contributed by atoms with van der Waals surface area (Å²) in [6.45, 7) is 0.346. The van der Waals surface area contributed by atoms with Gasteiger partial charge in [0.1, 0.15) is 0 Å². The van der Waals surface area contributed by atoms with Crippen molar-refractivity contribution in [2.24, 2.45) is 0 Å². The van der Waals surface area contributed by atoms with E-state index in [2.05, 4.69) is 15.4 Å². The lowest BCUT2D eigenvalue weighted by Crippen LogP contribution is -2.30. The van der Waals surface area contributed by atoms with Crippen molar-refractivity contribution >= 4 is 39.1 Å². The van der Waals surface area contributed by atoms with Crippen molar-refractivity contribution in [2.45, 2.75) is 13.0 Å². The Balaban J connectivity index is 1.80. The normalized spacial score (nSPS) is 10.9. The van der Waals surface area contributed by atoms with E-state index < -0.39 is 10.0 Å². The largest absolute Gasteiger partial charge is 0.352 e. The molecule has 0 saturated carbocycles. The Bertz CT molecular complexity index is 914. The van der Waals surface area contributed by atoms with Gasteiger partial charge in [-0.05, 0) is 35.9 Å². The van der Waals surface area contributed by atoms with Crippen LogP contribution < -0.4 is 15.4 Å². The Labute approximate surface area is 163 Å². The molecule has 0 unspecified atom stereocenters. The van der Waals surface area contributed by atoms with Gasteiger partial charge in [-0.2, -0.15) is 0 Å². The molecule has 2 amide bonds. The van der Waals surface area contributed by atoms with Gasteiger partial charge in [-0.15, -0.1) is 0 Å². The Hall–Kier alpha value is -2.58. The van der Waals surface area contributed by atoms with Crippen LogP contribution in [0.3, 0.4) is 0 Å². The fraction of sp³-hybridized carbons (Fsp3) is 0.222. The molecule has 0 aliphatic heterocycles. The number of carbonyl (C=O) groups is 2. The minimum Gasteiger partial charge on any atom is -0.352 e. The quantitative estimate of drug-likeness (QED) is 0.621. The average Bonchev–Trinajstić information content (AvgIpc) is 2.60. The van der Waals surface area contributed by atoms with E-state index in [-0.39, 0.29) is 31.3 Å². The Morgan fingerprint density at radius 3 is 2.33 bits per heavy atom. The van der Waals surface area contributed by atoms with E-state index >= 15 is 0 Å². The number of rotatable bonds is 8. The molecule has 0 bridgehead atoms. The van der Waals surface area contributed by atoms with Crippen LogP contribution in [0.2, 0.25) is 5.02 Å². The number of carbonyl (C=O) groups excluding carboxylic acids is 2. The van der Waals surface area contributed by atoms with Gasteiger partial charge in [-0.1, -0.05) is 29.8 Å². The summed E-state index contributed by atoms with van der Waals surface area (Å²) >= 11 is 5.77. The maximum absolute atomic E-state index is 12.0.